The number of benzene rings is 1. The molecule has 5 heteroatoms. The van der Waals surface area contributed by atoms with Gasteiger partial charge in [0.25, 0.3) is 0 Å². The number of hydrogen-bond donors (Lipinski definition) is 1. The fourth-order valence-electron chi connectivity index (χ4n) is 2.54. The third kappa shape index (κ3) is 2.59. The van der Waals surface area contributed by atoms with Crippen LogP contribution in [0.2, 0.25) is 0 Å². The number of aromatic nitrogens is 1. The predicted octanol–water partition coefficient (Wildman–Crippen LogP) is 4.09. The van der Waals surface area contributed by atoms with Crippen molar-refractivity contribution in [2.45, 2.75) is 25.2 Å². The number of aryl methyl sites for hydroxylation is 1. The number of nitrogens with two attached hydrogens (primary N) is 1. The van der Waals surface area contributed by atoms with Gasteiger partial charge in [0.15, 0.2) is 0 Å². The van der Waals surface area contributed by atoms with Crippen molar-refractivity contribution in [1.82, 2.24) is 4.98 Å². The molecule has 2 N–H and O–H groups in total. The largest absolute Gasteiger partial charge is 0.330 e. The maximum Gasteiger partial charge on any atom is 0.125 e. The van der Waals surface area contributed by atoms with Crippen LogP contribution in [0.5, 0.6) is 0 Å². The topological polar surface area (TPSA) is 38.9 Å². The van der Waals surface area contributed by atoms with E-state index < -0.39 is 0 Å². The minimum atomic E-state index is -0.243. The van der Waals surface area contributed by atoms with E-state index in [0.717, 1.165) is 33.6 Å². The highest BCUT2D eigenvalue weighted by atomic mass is 79.9. The molecule has 1 aromatic heterocycles. The molecule has 0 bridgehead atoms. The van der Waals surface area contributed by atoms with Gasteiger partial charge < -0.3 is 5.73 Å². The second kappa shape index (κ2) is 5.31. The van der Waals surface area contributed by atoms with Gasteiger partial charge in [-0.1, -0.05) is 15.9 Å². The molecule has 1 aliphatic rings. The van der Waals surface area contributed by atoms with E-state index in [1.165, 1.54) is 23.4 Å². The van der Waals surface area contributed by atoms with E-state index in [1.807, 2.05) is 6.07 Å². The van der Waals surface area contributed by atoms with Crippen molar-refractivity contribution in [3.05, 3.63) is 39.1 Å². The lowest BCUT2D eigenvalue weighted by Gasteiger charge is -2.18. The van der Waals surface area contributed by atoms with Gasteiger partial charge in [-0.05, 0) is 37.5 Å². The van der Waals surface area contributed by atoms with Crippen LogP contribution in [-0.4, -0.2) is 11.5 Å². The van der Waals surface area contributed by atoms with Crippen LogP contribution in [0, 0.1) is 5.82 Å². The number of fused-ring (bicyclic) bond motifs is 1. The summed E-state index contributed by atoms with van der Waals surface area (Å²) in [5.74, 6) is 0.124. The summed E-state index contributed by atoms with van der Waals surface area (Å²) in [7, 11) is 0. The van der Waals surface area contributed by atoms with E-state index in [9.17, 15) is 4.39 Å². The number of halogens is 2. The quantitative estimate of drug-likeness (QED) is 0.894. The minimum Gasteiger partial charge on any atom is -0.330 e. The van der Waals surface area contributed by atoms with Gasteiger partial charge in [-0.3, -0.25) is 0 Å². The number of rotatable bonds is 2. The zero-order valence-electron chi connectivity index (χ0n) is 10.3. The van der Waals surface area contributed by atoms with Gasteiger partial charge >= 0.3 is 0 Å². The molecular formula is C14H14BrFN2S. The summed E-state index contributed by atoms with van der Waals surface area (Å²) in [5, 5.41) is 0.894. The molecule has 0 saturated heterocycles. The molecular weight excluding hydrogens is 327 g/mol. The van der Waals surface area contributed by atoms with Crippen LogP contribution >= 0.6 is 27.3 Å². The second-order valence-electron chi connectivity index (χ2n) is 4.81. The molecule has 1 aliphatic carbocycles. The third-order valence-electron chi connectivity index (χ3n) is 3.46. The molecule has 0 spiro atoms. The Morgan fingerprint density at radius 2 is 2.26 bits per heavy atom. The molecule has 1 unspecified atom stereocenters. The first kappa shape index (κ1) is 13.2. The van der Waals surface area contributed by atoms with Crippen LogP contribution in [0.25, 0.3) is 10.6 Å². The average Bonchev–Trinajstić information content (AvgIpc) is 2.81. The normalized spacial score (nSPS) is 18.4. The third-order valence-corrected chi connectivity index (χ3v) is 5.10. The Morgan fingerprint density at radius 1 is 1.42 bits per heavy atom. The van der Waals surface area contributed by atoms with Crippen molar-refractivity contribution in [2.24, 2.45) is 5.73 Å². The summed E-state index contributed by atoms with van der Waals surface area (Å²) >= 11 is 5.00. The van der Waals surface area contributed by atoms with Crippen LogP contribution in [0.15, 0.2) is 22.7 Å². The molecule has 1 heterocycles. The summed E-state index contributed by atoms with van der Waals surface area (Å²) in [6.45, 7) is 0.642. The van der Waals surface area contributed by atoms with Gasteiger partial charge in [0.2, 0.25) is 0 Å². The molecule has 0 fully saturated rings. The molecule has 1 aromatic carbocycles. The fourth-order valence-corrected chi connectivity index (χ4v) is 4.18. The highest BCUT2D eigenvalue weighted by molar-refractivity contribution is 9.10. The molecule has 0 saturated carbocycles. The monoisotopic (exact) mass is 340 g/mol. The highest BCUT2D eigenvalue weighted by Gasteiger charge is 2.24. The van der Waals surface area contributed by atoms with Gasteiger partial charge in [0.1, 0.15) is 10.8 Å². The van der Waals surface area contributed by atoms with Crippen LogP contribution in [0.4, 0.5) is 4.39 Å². The summed E-state index contributed by atoms with van der Waals surface area (Å²) < 4.78 is 14.2. The van der Waals surface area contributed by atoms with Crippen LogP contribution in [-0.2, 0) is 6.42 Å². The highest BCUT2D eigenvalue weighted by Crippen LogP contribution is 2.38. The van der Waals surface area contributed by atoms with Gasteiger partial charge in [0.05, 0.1) is 5.69 Å². The first-order valence-corrected chi connectivity index (χ1v) is 7.94. The van der Waals surface area contributed by atoms with Crippen molar-refractivity contribution in [3.63, 3.8) is 0 Å². The van der Waals surface area contributed by atoms with Crippen molar-refractivity contribution in [1.29, 1.82) is 0 Å². The van der Waals surface area contributed by atoms with Gasteiger partial charge in [-0.25, -0.2) is 9.37 Å². The Labute approximate surface area is 124 Å². The summed E-state index contributed by atoms with van der Waals surface area (Å²) in [5.41, 5.74) is 7.78. The van der Waals surface area contributed by atoms with Crippen LogP contribution in [0.1, 0.15) is 29.3 Å². The Kier molecular flexibility index (Phi) is 3.69. The molecule has 2 nitrogen and oxygen atoms in total. The van der Waals surface area contributed by atoms with E-state index in [-0.39, 0.29) is 5.82 Å². The Morgan fingerprint density at radius 3 is 3.00 bits per heavy atom. The van der Waals surface area contributed by atoms with Gasteiger partial charge in [0, 0.05) is 27.4 Å². The molecule has 19 heavy (non-hydrogen) atoms. The van der Waals surface area contributed by atoms with Crippen molar-refractivity contribution in [2.75, 3.05) is 6.54 Å². The van der Waals surface area contributed by atoms with E-state index in [2.05, 4.69) is 15.9 Å². The Balaban J connectivity index is 2.04. The molecule has 0 aliphatic heterocycles. The molecule has 2 aromatic rings. The number of thiazole rings is 1. The fraction of sp³-hybridized carbons (Fsp3) is 0.357. The van der Waals surface area contributed by atoms with Crippen molar-refractivity contribution in [3.8, 4) is 10.6 Å². The van der Waals surface area contributed by atoms with Crippen LogP contribution in [0.3, 0.4) is 0 Å². The molecule has 100 valence electrons. The zero-order chi connectivity index (χ0) is 13.4. The molecule has 1 atom stereocenters. The smallest absolute Gasteiger partial charge is 0.125 e. The SMILES string of the molecule is NCC1CCCc2sc(-c3cc(F)cc(Br)c3)nc21. The van der Waals surface area contributed by atoms with E-state index in [4.69, 9.17) is 10.7 Å². The van der Waals surface area contributed by atoms with Crippen molar-refractivity contribution < 1.29 is 4.39 Å². The van der Waals surface area contributed by atoms with Gasteiger partial charge in [-0.2, -0.15) is 0 Å². The summed E-state index contributed by atoms with van der Waals surface area (Å²) in [4.78, 5) is 6.02. The lowest BCUT2D eigenvalue weighted by molar-refractivity contribution is 0.554. The lowest BCUT2D eigenvalue weighted by Crippen LogP contribution is -2.17. The molecule has 3 rings (SSSR count). The number of nitrogens with zero attached hydrogens (tertiary/aromatic N) is 1. The van der Waals surface area contributed by atoms with E-state index in [1.54, 1.807) is 11.3 Å². The first-order chi connectivity index (χ1) is 9.17. The van der Waals surface area contributed by atoms with Gasteiger partial charge in [-0.15, -0.1) is 11.3 Å². The van der Waals surface area contributed by atoms with E-state index >= 15 is 0 Å². The lowest BCUT2D eigenvalue weighted by atomic mass is 9.91. The number of hydrogen-bond acceptors (Lipinski definition) is 3. The Bertz CT molecular complexity index is 591. The summed E-state index contributed by atoms with van der Waals surface area (Å²) in [6, 6.07) is 4.90. The zero-order valence-corrected chi connectivity index (χ0v) is 12.7. The van der Waals surface area contributed by atoms with Crippen molar-refractivity contribution >= 4 is 27.3 Å². The summed E-state index contributed by atoms with van der Waals surface area (Å²) in [6.07, 6.45) is 3.35. The van der Waals surface area contributed by atoms with Crippen LogP contribution < -0.4 is 5.73 Å². The first-order valence-electron chi connectivity index (χ1n) is 6.33. The Hall–Kier alpha value is -0.780. The molecule has 0 amide bonds. The second-order valence-corrected chi connectivity index (χ2v) is 6.81. The minimum absolute atomic E-state index is 0.243. The maximum absolute atomic E-state index is 13.5. The standard InChI is InChI=1S/C14H14BrFN2S/c15-10-4-9(5-11(16)6-10)14-18-13-8(7-17)2-1-3-12(13)19-14/h4-6,8H,1-3,7,17H2. The maximum atomic E-state index is 13.5. The average molecular weight is 341 g/mol. The predicted molar refractivity (Wildman–Crippen MR) is 79.9 cm³/mol. The van der Waals surface area contributed by atoms with E-state index in [0.29, 0.717) is 12.5 Å². The molecule has 0 radical (unpaired) electrons.